The number of para-hydroxylation sites is 1. The average Bonchev–Trinajstić information content (AvgIpc) is 3.04. The number of ether oxygens (including phenoxy) is 2. The molecular formula is C35H41FN4O4. The molecule has 2 amide bonds. The maximum absolute atomic E-state index is 14.2. The number of carbonyl (C=O) groups is 2. The molecule has 0 spiro atoms. The molecule has 0 saturated carbocycles. The smallest absolute Gasteiger partial charge is 0.254 e. The molecule has 232 valence electrons. The standard InChI is InChI=1S/C35H41FN4O4/c1-3-43-30-22-24-14-17-40-33(27(24)23-31(30)44-4-2)32(25-10-5-6-11-26(25)35(40)42)34(41)37-15-9-16-38-18-20-39(21-19-38)29-13-8-7-12-28(29)36/h5-8,10-13,22-23,32-33H,3-4,9,14-21H2,1-2H3,(H,37,41). The van der Waals surface area contributed by atoms with E-state index in [1.165, 1.54) is 6.07 Å². The third-order valence-corrected chi connectivity index (χ3v) is 8.98. The van der Waals surface area contributed by atoms with Crippen LogP contribution in [0, 0.1) is 5.82 Å². The van der Waals surface area contributed by atoms with Crippen molar-refractivity contribution in [2.75, 3.05) is 63.9 Å². The summed E-state index contributed by atoms with van der Waals surface area (Å²) in [7, 11) is 0. The Morgan fingerprint density at radius 1 is 0.909 bits per heavy atom. The zero-order valence-corrected chi connectivity index (χ0v) is 25.6. The highest BCUT2D eigenvalue weighted by molar-refractivity contribution is 6.01. The molecule has 1 fully saturated rings. The lowest BCUT2D eigenvalue weighted by Crippen LogP contribution is -2.50. The quantitative estimate of drug-likeness (QED) is 0.338. The van der Waals surface area contributed by atoms with Gasteiger partial charge in [-0.15, -0.1) is 0 Å². The molecule has 3 heterocycles. The molecule has 1 saturated heterocycles. The highest BCUT2D eigenvalue weighted by Crippen LogP contribution is 2.48. The lowest BCUT2D eigenvalue weighted by molar-refractivity contribution is -0.124. The molecule has 0 bridgehead atoms. The lowest BCUT2D eigenvalue weighted by Gasteiger charge is -2.45. The highest BCUT2D eigenvalue weighted by atomic mass is 19.1. The minimum Gasteiger partial charge on any atom is -0.490 e. The number of carbonyl (C=O) groups excluding carboxylic acids is 2. The first-order chi connectivity index (χ1) is 21.5. The van der Waals surface area contributed by atoms with Crippen molar-refractivity contribution in [2.45, 2.75) is 38.6 Å². The van der Waals surface area contributed by atoms with Crippen molar-refractivity contribution in [3.63, 3.8) is 0 Å². The average molecular weight is 601 g/mol. The third kappa shape index (κ3) is 5.85. The van der Waals surface area contributed by atoms with Crippen LogP contribution >= 0.6 is 0 Å². The molecule has 8 nitrogen and oxygen atoms in total. The van der Waals surface area contributed by atoms with Gasteiger partial charge < -0.3 is 24.6 Å². The van der Waals surface area contributed by atoms with E-state index in [9.17, 15) is 14.0 Å². The van der Waals surface area contributed by atoms with Crippen molar-refractivity contribution in [3.05, 3.63) is 88.7 Å². The molecule has 3 aliphatic rings. The van der Waals surface area contributed by atoms with Crippen LogP contribution < -0.4 is 19.7 Å². The van der Waals surface area contributed by atoms with E-state index in [1.807, 2.05) is 67.3 Å². The molecule has 1 N–H and O–H groups in total. The number of hydrogen-bond acceptors (Lipinski definition) is 6. The first kappa shape index (κ1) is 29.9. The van der Waals surface area contributed by atoms with Crippen LogP contribution in [0.3, 0.4) is 0 Å². The SMILES string of the molecule is CCOc1cc2c(cc1OCC)C1C(C(=O)NCCCN3CCN(c4ccccc4F)CC3)c3ccccc3C(=O)N1CC2. The monoisotopic (exact) mass is 600 g/mol. The molecule has 0 aliphatic carbocycles. The van der Waals surface area contributed by atoms with E-state index in [-0.39, 0.29) is 17.6 Å². The number of halogens is 1. The van der Waals surface area contributed by atoms with Crippen molar-refractivity contribution in [1.29, 1.82) is 0 Å². The topological polar surface area (TPSA) is 74.4 Å². The van der Waals surface area contributed by atoms with Gasteiger partial charge in [0.05, 0.1) is 30.9 Å². The number of rotatable bonds is 10. The van der Waals surface area contributed by atoms with Gasteiger partial charge >= 0.3 is 0 Å². The Kier molecular flexibility index (Phi) is 9.02. The summed E-state index contributed by atoms with van der Waals surface area (Å²) >= 11 is 0. The number of nitrogens with zero attached hydrogens (tertiary/aromatic N) is 3. The predicted molar refractivity (Wildman–Crippen MR) is 168 cm³/mol. The van der Waals surface area contributed by atoms with E-state index in [2.05, 4.69) is 15.1 Å². The first-order valence-electron chi connectivity index (χ1n) is 15.8. The van der Waals surface area contributed by atoms with Crippen molar-refractivity contribution in [1.82, 2.24) is 15.1 Å². The number of anilines is 1. The largest absolute Gasteiger partial charge is 0.490 e. The molecule has 0 radical (unpaired) electrons. The Morgan fingerprint density at radius 2 is 1.61 bits per heavy atom. The predicted octanol–water partition coefficient (Wildman–Crippen LogP) is 4.79. The van der Waals surface area contributed by atoms with E-state index in [0.717, 1.165) is 55.8 Å². The Bertz CT molecular complexity index is 1510. The normalized spacial score (nSPS) is 19.6. The highest BCUT2D eigenvalue weighted by Gasteiger charge is 2.46. The van der Waals surface area contributed by atoms with Gasteiger partial charge in [0.15, 0.2) is 11.5 Å². The second-order valence-electron chi connectivity index (χ2n) is 11.5. The van der Waals surface area contributed by atoms with E-state index >= 15 is 0 Å². The fraction of sp³-hybridized carbons (Fsp3) is 0.429. The van der Waals surface area contributed by atoms with Gasteiger partial charge in [-0.2, -0.15) is 0 Å². The van der Waals surface area contributed by atoms with Crippen LogP contribution in [0.4, 0.5) is 10.1 Å². The molecule has 3 aromatic carbocycles. The molecule has 44 heavy (non-hydrogen) atoms. The number of amides is 2. The summed E-state index contributed by atoms with van der Waals surface area (Å²) in [5, 5.41) is 3.21. The van der Waals surface area contributed by atoms with Crippen LogP contribution in [0.25, 0.3) is 0 Å². The van der Waals surface area contributed by atoms with Gasteiger partial charge in [0.25, 0.3) is 5.91 Å². The molecular weight excluding hydrogens is 559 g/mol. The first-order valence-corrected chi connectivity index (χ1v) is 15.8. The minimum absolute atomic E-state index is 0.0401. The van der Waals surface area contributed by atoms with Crippen molar-refractivity contribution < 1.29 is 23.5 Å². The summed E-state index contributed by atoms with van der Waals surface area (Å²) in [6.45, 7) is 10.0. The molecule has 0 aromatic heterocycles. The summed E-state index contributed by atoms with van der Waals surface area (Å²) in [6, 6.07) is 18.0. The molecule has 9 heteroatoms. The van der Waals surface area contributed by atoms with Crippen molar-refractivity contribution in [3.8, 4) is 11.5 Å². The number of nitrogens with one attached hydrogen (secondary N) is 1. The molecule has 6 rings (SSSR count). The molecule has 2 unspecified atom stereocenters. The Balaban J connectivity index is 1.16. The van der Waals surface area contributed by atoms with E-state index in [4.69, 9.17) is 9.47 Å². The Morgan fingerprint density at radius 3 is 2.36 bits per heavy atom. The third-order valence-electron chi connectivity index (χ3n) is 8.98. The fourth-order valence-corrected chi connectivity index (χ4v) is 6.90. The summed E-state index contributed by atoms with van der Waals surface area (Å²) < 4.78 is 26.1. The summed E-state index contributed by atoms with van der Waals surface area (Å²) in [4.78, 5) is 34.0. The van der Waals surface area contributed by atoms with Crippen LogP contribution in [0.15, 0.2) is 60.7 Å². The second kappa shape index (κ2) is 13.3. The van der Waals surface area contributed by atoms with Crippen molar-refractivity contribution in [2.24, 2.45) is 0 Å². The minimum atomic E-state index is -0.542. The van der Waals surface area contributed by atoms with Crippen LogP contribution in [-0.4, -0.2) is 80.6 Å². The van der Waals surface area contributed by atoms with Crippen LogP contribution in [0.5, 0.6) is 11.5 Å². The molecule has 3 aromatic rings. The number of hydrogen-bond donors (Lipinski definition) is 1. The summed E-state index contributed by atoms with van der Waals surface area (Å²) in [5.74, 6) is 0.485. The number of benzene rings is 3. The summed E-state index contributed by atoms with van der Waals surface area (Å²) in [5.41, 5.74) is 4.04. The van der Waals surface area contributed by atoms with E-state index in [1.54, 1.807) is 6.07 Å². The van der Waals surface area contributed by atoms with Gasteiger partial charge in [-0.25, -0.2) is 4.39 Å². The van der Waals surface area contributed by atoms with Gasteiger partial charge in [-0.3, -0.25) is 14.5 Å². The van der Waals surface area contributed by atoms with Crippen LogP contribution in [-0.2, 0) is 11.2 Å². The number of piperazine rings is 1. The van der Waals surface area contributed by atoms with Gasteiger partial charge in [-0.1, -0.05) is 30.3 Å². The molecule has 2 atom stereocenters. The van der Waals surface area contributed by atoms with Gasteiger partial charge in [0, 0.05) is 44.8 Å². The maximum atomic E-state index is 14.2. The second-order valence-corrected chi connectivity index (χ2v) is 11.5. The van der Waals surface area contributed by atoms with E-state index < -0.39 is 12.0 Å². The fourth-order valence-electron chi connectivity index (χ4n) is 6.90. The summed E-state index contributed by atoms with van der Waals surface area (Å²) in [6.07, 6.45) is 1.49. The van der Waals surface area contributed by atoms with Crippen LogP contribution in [0.2, 0.25) is 0 Å². The number of fused-ring (bicyclic) bond motifs is 4. The van der Waals surface area contributed by atoms with E-state index in [0.29, 0.717) is 55.5 Å². The van der Waals surface area contributed by atoms with Crippen LogP contribution in [0.1, 0.15) is 59.3 Å². The van der Waals surface area contributed by atoms with Gasteiger partial charge in [0.1, 0.15) is 5.82 Å². The Hall–Kier alpha value is -4.11. The van der Waals surface area contributed by atoms with Gasteiger partial charge in [0.2, 0.25) is 5.91 Å². The molecule has 3 aliphatic heterocycles. The van der Waals surface area contributed by atoms with Gasteiger partial charge in [-0.05, 0) is 80.3 Å². The zero-order chi connectivity index (χ0) is 30.6. The van der Waals surface area contributed by atoms with Crippen molar-refractivity contribution >= 4 is 17.5 Å². The Labute approximate surface area is 258 Å². The zero-order valence-electron chi connectivity index (χ0n) is 25.6. The maximum Gasteiger partial charge on any atom is 0.254 e. The lowest BCUT2D eigenvalue weighted by atomic mass is 9.75.